The second kappa shape index (κ2) is 9.66. The number of likely N-dealkylation sites (tertiary alicyclic amines) is 1. The van der Waals surface area contributed by atoms with E-state index in [4.69, 9.17) is 14.2 Å². The Morgan fingerprint density at radius 2 is 1.74 bits per heavy atom. The minimum Gasteiger partial charge on any atom is -0.507 e. The molecule has 34 heavy (non-hydrogen) atoms. The number of aliphatic hydroxyl groups is 1. The van der Waals surface area contributed by atoms with Crippen molar-refractivity contribution in [3.05, 3.63) is 89.3 Å². The quantitative estimate of drug-likeness (QED) is 0.326. The fraction of sp³-hybridized carbons (Fsp3) is 0.192. The molecule has 0 spiro atoms. The molecule has 2 aromatic carbocycles. The van der Waals surface area contributed by atoms with E-state index in [1.807, 2.05) is 6.07 Å². The molecule has 1 fully saturated rings. The van der Waals surface area contributed by atoms with Gasteiger partial charge in [0.05, 0.1) is 32.9 Å². The number of benzene rings is 2. The zero-order chi connectivity index (χ0) is 24.2. The number of carbonyl (C=O) groups excluding carboxylic acids is 2. The minimum absolute atomic E-state index is 0.0475. The molecule has 0 unspecified atom stereocenters. The van der Waals surface area contributed by atoms with Gasteiger partial charge >= 0.3 is 0 Å². The first kappa shape index (κ1) is 22.8. The number of aromatic nitrogens is 1. The van der Waals surface area contributed by atoms with Crippen molar-refractivity contribution in [2.75, 3.05) is 21.3 Å². The average molecular weight is 460 g/mol. The van der Waals surface area contributed by atoms with Crippen molar-refractivity contribution >= 4 is 17.4 Å². The third kappa shape index (κ3) is 4.17. The second-order valence-corrected chi connectivity index (χ2v) is 7.63. The highest BCUT2D eigenvalue weighted by Crippen LogP contribution is 2.44. The van der Waals surface area contributed by atoms with Crippen molar-refractivity contribution in [3.8, 4) is 17.2 Å². The molecule has 2 heterocycles. The normalized spacial score (nSPS) is 17.0. The van der Waals surface area contributed by atoms with E-state index in [9.17, 15) is 14.7 Å². The highest BCUT2D eigenvalue weighted by Gasteiger charge is 2.47. The smallest absolute Gasteiger partial charge is 0.295 e. The summed E-state index contributed by atoms with van der Waals surface area (Å²) in [6, 6.07) is 14.4. The summed E-state index contributed by atoms with van der Waals surface area (Å²) >= 11 is 0. The number of carbonyl (C=O) groups is 2. The number of methoxy groups -OCH3 is 3. The number of amides is 1. The van der Waals surface area contributed by atoms with Gasteiger partial charge in [-0.2, -0.15) is 0 Å². The lowest BCUT2D eigenvalue weighted by Crippen LogP contribution is -2.29. The van der Waals surface area contributed by atoms with E-state index in [1.165, 1.54) is 26.2 Å². The lowest BCUT2D eigenvalue weighted by atomic mass is 9.94. The third-order valence-corrected chi connectivity index (χ3v) is 5.69. The van der Waals surface area contributed by atoms with E-state index in [-0.39, 0.29) is 17.9 Å². The molecule has 4 rings (SSSR count). The van der Waals surface area contributed by atoms with Crippen LogP contribution in [-0.4, -0.2) is 48.0 Å². The minimum atomic E-state index is -0.920. The summed E-state index contributed by atoms with van der Waals surface area (Å²) in [5.74, 6) is -0.364. The Morgan fingerprint density at radius 3 is 2.41 bits per heavy atom. The molecule has 8 nitrogen and oxygen atoms in total. The molecule has 1 aliphatic rings. The summed E-state index contributed by atoms with van der Waals surface area (Å²) in [6.45, 7) is 0.109. The van der Waals surface area contributed by atoms with Crippen molar-refractivity contribution < 1.29 is 28.9 Å². The van der Waals surface area contributed by atoms with Gasteiger partial charge in [-0.3, -0.25) is 14.6 Å². The van der Waals surface area contributed by atoms with Gasteiger partial charge < -0.3 is 24.2 Å². The third-order valence-electron chi connectivity index (χ3n) is 5.69. The number of hydrogen-bond acceptors (Lipinski definition) is 7. The number of ether oxygens (including phenoxy) is 3. The summed E-state index contributed by atoms with van der Waals surface area (Å²) in [5.41, 5.74) is 1.55. The number of ketones is 1. The molecule has 0 saturated carbocycles. The topological polar surface area (TPSA) is 98.2 Å². The second-order valence-electron chi connectivity index (χ2n) is 7.63. The molecule has 1 aliphatic heterocycles. The van der Waals surface area contributed by atoms with Crippen LogP contribution >= 0.6 is 0 Å². The highest BCUT2D eigenvalue weighted by molar-refractivity contribution is 6.46. The van der Waals surface area contributed by atoms with Crippen molar-refractivity contribution in [1.29, 1.82) is 0 Å². The van der Waals surface area contributed by atoms with Gasteiger partial charge in [0.15, 0.2) is 0 Å². The molecule has 1 saturated heterocycles. The molecule has 1 aromatic heterocycles. The van der Waals surface area contributed by atoms with Gasteiger partial charge in [0.1, 0.15) is 23.0 Å². The van der Waals surface area contributed by atoms with Crippen LogP contribution in [0.15, 0.2) is 72.6 Å². The van der Waals surface area contributed by atoms with Crippen LogP contribution in [0.3, 0.4) is 0 Å². The number of rotatable bonds is 7. The first-order valence-corrected chi connectivity index (χ1v) is 10.5. The molecular formula is C26H24N2O6. The molecular weight excluding hydrogens is 436 g/mol. The maximum absolute atomic E-state index is 13.3. The first-order valence-electron chi connectivity index (χ1n) is 10.5. The number of pyridine rings is 1. The van der Waals surface area contributed by atoms with Crippen LogP contribution < -0.4 is 14.2 Å². The van der Waals surface area contributed by atoms with Gasteiger partial charge in [0.2, 0.25) is 0 Å². The van der Waals surface area contributed by atoms with Gasteiger partial charge in [-0.05, 0) is 42.0 Å². The predicted molar refractivity (Wildman–Crippen MR) is 125 cm³/mol. The molecule has 1 amide bonds. The summed E-state index contributed by atoms with van der Waals surface area (Å²) in [6.07, 6.45) is 3.25. The van der Waals surface area contributed by atoms with Gasteiger partial charge in [-0.15, -0.1) is 0 Å². The SMILES string of the molecule is COc1cccc(C(O)=C2C(=O)C(=O)N(Cc3cccnc3)[C@H]2c2cc(OC)ccc2OC)c1. The van der Waals surface area contributed by atoms with Crippen LogP contribution in [0.5, 0.6) is 17.2 Å². The van der Waals surface area contributed by atoms with Crippen molar-refractivity contribution in [3.63, 3.8) is 0 Å². The Bertz CT molecular complexity index is 1260. The number of nitrogens with zero attached hydrogens (tertiary/aromatic N) is 2. The van der Waals surface area contributed by atoms with Crippen molar-refractivity contribution in [2.24, 2.45) is 0 Å². The van der Waals surface area contributed by atoms with E-state index in [2.05, 4.69) is 4.98 Å². The lowest BCUT2D eigenvalue weighted by molar-refractivity contribution is -0.140. The largest absolute Gasteiger partial charge is 0.507 e. The maximum Gasteiger partial charge on any atom is 0.295 e. The highest BCUT2D eigenvalue weighted by atomic mass is 16.5. The van der Waals surface area contributed by atoms with Crippen LogP contribution in [0.4, 0.5) is 0 Å². The zero-order valence-corrected chi connectivity index (χ0v) is 19.0. The van der Waals surface area contributed by atoms with Crippen LogP contribution in [0.2, 0.25) is 0 Å². The van der Waals surface area contributed by atoms with Gasteiger partial charge in [0, 0.05) is 30.1 Å². The van der Waals surface area contributed by atoms with E-state index < -0.39 is 17.7 Å². The fourth-order valence-electron chi connectivity index (χ4n) is 4.03. The first-order chi connectivity index (χ1) is 16.5. The Hall–Kier alpha value is -4.33. The average Bonchev–Trinajstić information content (AvgIpc) is 3.13. The van der Waals surface area contributed by atoms with Crippen LogP contribution in [0.25, 0.3) is 5.76 Å². The van der Waals surface area contributed by atoms with E-state index in [0.29, 0.717) is 28.4 Å². The molecule has 0 aliphatic carbocycles. The summed E-state index contributed by atoms with van der Waals surface area (Å²) in [5, 5.41) is 11.3. The standard InChI is InChI=1S/C26H24N2O6/c1-32-18-8-4-7-17(12-18)24(29)22-23(20-13-19(33-2)9-10-21(20)34-3)28(26(31)25(22)30)15-16-6-5-11-27-14-16/h4-14,23,29H,15H2,1-3H3/t23-/m0/s1. The molecule has 8 heteroatoms. The predicted octanol–water partition coefficient (Wildman–Crippen LogP) is 3.73. The van der Waals surface area contributed by atoms with Gasteiger partial charge in [-0.25, -0.2) is 0 Å². The van der Waals surface area contributed by atoms with Crippen molar-refractivity contribution in [2.45, 2.75) is 12.6 Å². The lowest BCUT2D eigenvalue weighted by Gasteiger charge is -2.27. The van der Waals surface area contributed by atoms with Crippen LogP contribution in [0.1, 0.15) is 22.7 Å². The number of aliphatic hydroxyl groups excluding tert-OH is 1. The molecule has 174 valence electrons. The summed E-state index contributed by atoms with van der Waals surface area (Å²) in [7, 11) is 4.53. The van der Waals surface area contributed by atoms with E-state index in [1.54, 1.807) is 60.9 Å². The molecule has 0 bridgehead atoms. The Kier molecular flexibility index (Phi) is 6.49. The molecule has 1 N–H and O–H groups in total. The summed E-state index contributed by atoms with van der Waals surface area (Å²) < 4.78 is 16.2. The molecule has 3 aromatic rings. The zero-order valence-electron chi connectivity index (χ0n) is 19.0. The Morgan fingerprint density at radius 1 is 0.971 bits per heavy atom. The van der Waals surface area contributed by atoms with Gasteiger partial charge in [0.25, 0.3) is 11.7 Å². The van der Waals surface area contributed by atoms with E-state index in [0.717, 1.165) is 5.56 Å². The Balaban J connectivity index is 1.94. The number of hydrogen-bond donors (Lipinski definition) is 1. The molecule has 1 atom stereocenters. The van der Waals surface area contributed by atoms with Gasteiger partial charge in [-0.1, -0.05) is 18.2 Å². The number of Topliss-reactive ketones (excluding diaryl/α,β-unsaturated/α-hetero) is 1. The van der Waals surface area contributed by atoms with Crippen molar-refractivity contribution in [1.82, 2.24) is 9.88 Å². The van der Waals surface area contributed by atoms with Crippen LogP contribution in [0, 0.1) is 0 Å². The Labute approximate surface area is 197 Å². The van der Waals surface area contributed by atoms with E-state index >= 15 is 0 Å². The maximum atomic E-state index is 13.3. The van der Waals surface area contributed by atoms with Crippen LogP contribution in [-0.2, 0) is 16.1 Å². The fourth-order valence-corrected chi connectivity index (χ4v) is 4.03. The molecule has 0 radical (unpaired) electrons. The summed E-state index contributed by atoms with van der Waals surface area (Å²) in [4.78, 5) is 32.0. The monoisotopic (exact) mass is 460 g/mol.